The summed E-state index contributed by atoms with van der Waals surface area (Å²) < 4.78 is 57.2. The fraction of sp³-hybridized carbons (Fsp3) is 0.833. The molecule has 0 saturated heterocycles. The van der Waals surface area contributed by atoms with Crippen molar-refractivity contribution in [3.63, 3.8) is 0 Å². The van der Waals surface area contributed by atoms with Gasteiger partial charge in [-0.2, -0.15) is 13.2 Å². The van der Waals surface area contributed by atoms with Gasteiger partial charge in [-0.05, 0) is 12.3 Å². The van der Waals surface area contributed by atoms with Gasteiger partial charge in [0.2, 0.25) is 0 Å². The number of hydrogen-bond donors (Lipinski definition) is 1. The van der Waals surface area contributed by atoms with Gasteiger partial charge in [0.25, 0.3) is 9.84 Å². The first-order valence-electron chi connectivity index (χ1n) is 3.32. The molecule has 7 heteroatoms. The Labute approximate surface area is 75.0 Å². The van der Waals surface area contributed by atoms with Crippen molar-refractivity contribution in [1.29, 1.82) is 0 Å². The molecule has 0 rings (SSSR count). The highest BCUT2D eigenvalue weighted by molar-refractivity contribution is 7.92. The van der Waals surface area contributed by atoms with E-state index in [0.29, 0.717) is 0 Å². The maximum absolute atomic E-state index is 11.9. The van der Waals surface area contributed by atoms with Gasteiger partial charge in [-0.3, -0.25) is 0 Å². The molecule has 0 fully saturated rings. The molecule has 2 N–H and O–H groups in total. The standard InChI is InChI=1S/C6H11F3NO2S/c1-5(2,3)4(10)13(11,12)6(7,8)9/h4H,1,10H2,2-3H3. The minimum atomic E-state index is -5.32. The third-order valence-corrected chi connectivity index (χ3v) is 3.38. The van der Waals surface area contributed by atoms with Crippen LogP contribution in [0.15, 0.2) is 0 Å². The predicted octanol–water partition coefficient (Wildman–Crippen LogP) is 1.07. The van der Waals surface area contributed by atoms with Crippen molar-refractivity contribution in [3.05, 3.63) is 6.92 Å². The van der Waals surface area contributed by atoms with Gasteiger partial charge in [0.1, 0.15) is 5.37 Å². The molecule has 1 atom stereocenters. The fourth-order valence-electron chi connectivity index (χ4n) is 0.564. The molecular formula is C6H11F3NO2S. The Balaban J connectivity index is 5.12. The van der Waals surface area contributed by atoms with E-state index in [2.05, 4.69) is 6.92 Å². The lowest BCUT2D eigenvalue weighted by Crippen LogP contribution is -2.48. The molecule has 0 amide bonds. The second-order valence-corrected chi connectivity index (χ2v) is 5.46. The molecule has 1 radical (unpaired) electrons. The van der Waals surface area contributed by atoms with Crippen LogP contribution in [-0.2, 0) is 9.84 Å². The highest BCUT2D eigenvalue weighted by Gasteiger charge is 2.52. The van der Waals surface area contributed by atoms with E-state index in [9.17, 15) is 21.6 Å². The molecule has 0 heterocycles. The van der Waals surface area contributed by atoms with Gasteiger partial charge in [0.15, 0.2) is 0 Å². The number of nitrogens with two attached hydrogens (primary N) is 1. The maximum atomic E-state index is 11.9. The van der Waals surface area contributed by atoms with Gasteiger partial charge < -0.3 is 5.73 Å². The molecule has 0 aromatic heterocycles. The summed E-state index contributed by atoms with van der Waals surface area (Å²) in [7, 11) is -5.32. The molecule has 79 valence electrons. The summed E-state index contributed by atoms with van der Waals surface area (Å²) in [6, 6.07) is 0. The topological polar surface area (TPSA) is 60.2 Å². The molecule has 0 aliphatic heterocycles. The molecule has 0 aliphatic carbocycles. The average Bonchev–Trinajstić information content (AvgIpc) is 1.81. The summed E-state index contributed by atoms with van der Waals surface area (Å²) in [5, 5.41) is -2.04. The van der Waals surface area contributed by atoms with E-state index in [1.165, 1.54) is 13.8 Å². The van der Waals surface area contributed by atoms with E-state index in [4.69, 9.17) is 5.73 Å². The molecule has 0 saturated carbocycles. The molecule has 1 unspecified atom stereocenters. The second-order valence-electron chi connectivity index (χ2n) is 3.40. The normalized spacial score (nSPS) is 17.2. The molecular weight excluding hydrogens is 207 g/mol. The van der Waals surface area contributed by atoms with Crippen LogP contribution < -0.4 is 5.73 Å². The minimum absolute atomic E-state index is 1.22. The molecule has 0 aliphatic rings. The highest BCUT2D eigenvalue weighted by atomic mass is 32.2. The summed E-state index contributed by atoms with van der Waals surface area (Å²) in [5.41, 5.74) is -1.75. The Morgan fingerprint density at radius 2 is 1.62 bits per heavy atom. The third-order valence-electron chi connectivity index (χ3n) is 1.43. The molecule has 0 bridgehead atoms. The lowest BCUT2D eigenvalue weighted by Gasteiger charge is -2.26. The number of rotatable bonds is 2. The van der Waals surface area contributed by atoms with Crippen molar-refractivity contribution in [2.45, 2.75) is 24.7 Å². The summed E-state index contributed by atoms with van der Waals surface area (Å²) in [5.74, 6) is 0. The van der Waals surface area contributed by atoms with Crippen molar-refractivity contribution in [3.8, 4) is 0 Å². The minimum Gasteiger partial charge on any atom is -0.314 e. The lowest BCUT2D eigenvalue weighted by molar-refractivity contribution is -0.0453. The van der Waals surface area contributed by atoms with Crippen LogP contribution in [0.5, 0.6) is 0 Å². The van der Waals surface area contributed by atoms with Gasteiger partial charge in [-0.1, -0.05) is 13.8 Å². The summed E-state index contributed by atoms with van der Waals surface area (Å²) in [6.45, 7) is 5.69. The van der Waals surface area contributed by atoms with E-state index in [1.54, 1.807) is 0 Å². The summed E-state index contributed by atoms with van der Waals surface area (Å²) in [6.07, 6.45) is 0. The van der Waals surface area contributed by atoms with Crippen molar-refractivity contribution in [2.24, 2.45) is 11.1 Å². The zero-order valence-electron chi connectivity index (χ0n) is 7.22. The molecule has 13 heavy (non-hydrogen) atoms. The highest BCUT2D eigenvalue weighted by Crippen LogP contribution is 2.32. The van der Waals surface area contributed by atoms with Crippen LogP contribution in [-0.4, -0.2) is 19.3 Å². The number of sulfone groups is 1. The second kappa shape index (κ2) is 3.13. The Morgan fingerprint density at radius 1 is 1.31 bits per heavy atom. The van der Waals surface area contributed by atoms with Crippen LogP contribution in [0, 0.1) is 12.3 Å². The van der Waals surface area contributed by atoms with Crippen LogP contribution in [0.1, 0.15) is 13.8 Å². The monoisotopic (exact) mass is 218 g/mol. The Kier molecular flexibility index (Phi) is 3.05. The first kappa shape index (κ1) is 12.7. The smallest absolute Gasteiger partial charge is 0.314 e. The predicted molar refractivity (Wildman–Crippen MR) is 42.1 cm³/mol. The molecule has 0 aromatic rings. The van der Waals surface area contributed by atoms with Crippen molar-refractivity contribution in [2.75, 3.05) is 0 Å². The van der Waals surface area contributed by atoms with Crippen molar-refractivity contribution >= 4 is 9.84 Å². The molecule has 0 spiro atoms. The van der Waals surface area contributed by atoms with Gasteiger partial charge in [-0.15, -0.1) is 0 Å². The first-order chi connectivity index (χ1) is 5.40. The third kappa shape index (κ3) is 2.57. The van der Waals surface area contributed by atoms with Gasteiger partial charge >= 0.3 is 5.51 Å². The lowest BCUT2D eigenvalue weighted by atomic mass is 9.97. The number of alkyl halides is 3. The first-order valence-corrected chi connectivity index (χ1v) is 4.86. The van der Waals surface area contributed by atoms with Gasteiger partial charge in [-0.25, -0.2) is 8.42 Å². The Bertz CT molecular complexity index is 275. The average molecular weight is 218 g/mol. The quantitative estimate of drug-likeness (QED) is 0.754. The van der Waals surface area contributed by atoms with E-state index in [-0.39, 0.29) is 0 Å². The van der Waals surface area contributed by atoms with Crippen molar-refractivity contribution < 1.29 is 21.6 Å². The van der Waals surface area contributed by atoms with Crippen LogP contribution in [0.3, 0.4) is 0 Å². The van der Waals surface area contributed by atoms with E-state index >= 15 is 0 Å². The fourth-order valence-corrected chi connectivity index (χ4v) is 1.69. The number of hydrogen-bond acceptors (Lipinski definition) is 3. The van der Waals surface area contributed by atoms with E-state index < -0.39 is 26.1 Å². The van der Waals surface area contributed by atoms with Crippen LogP contribution in [0.25, 0.3) is 0 Å². The summed E-state index contributed by atoms with van der Waals surface area (Å²) in [4.78, 5) is 0. The zero-order chi connectivity index (χ0) is 11.1. The SMILES string of the molecule is [CH2]C(C)(C)C(N)S(=O)(=O)C(F)(F)F. The Hall–Kier alpha value is -0.300. The van der Waals surface area contributed by atoms with E-state index in [0.717, 1.165) is 0 Å². The van der Waals surface area contributed by atoms with Gasteiger partial charge in [0.05, 0.1) is 0 Å². The maximum Gasteiger partial charge on any atom is 0.498 e. The zero-order valence-corrected chi connectivity index (χ0v) is 8.04. The molecule has 0 aromatic carbocycles. The van der Waals surface area contributed by atoms with Crippen LogP contribution in [0.4, 0.5) is 13.2 Å². The van der Waals surface area contributed by atoms with Crippen LogP contribution >= 0.6 is 0 Å². The summed E-state index contributed by atoms with van der Waals surface area (Å²) >= 11 is 0. The molecule has 3 nitrogen and oxygen atoms in total. The Morgan fingerprint density at radius 3 is 1.69 bits per heavy atom. The van der Waals surface area contributed by atoms with Crippen molar-refractivity contribution in [1.82, 2.24) is 0 Å². The van der Waals surface area contributed by atoms with Crippen LogP contribution in [0.2, 0.25) is 0 Å². The van der Waals surface area contributed by atoms with Gasteiger partial charge in [0, 0.05) is 0 Å². The number of halogens is 3. The van der Waals surface area contributed by atoms with E-state index in [1.807, 2.05) is 0 Å². The largest absolute Gasteiger partial charge is 0.498 e.